The summed E-state index contributed by atoms with van der Waals surface area (Å²) in [5, 5.41) is 4.33. The third kappa shape index (κ3) is 4.04. The van der Waals surface area contributed by atoms with E-state index in [9.17, 15) is 18.8 Å². The summed E-state index contributed by atoms with van der Waals surface area (Å²) in [7, 11) is 0. The van der Waals surface area contributed by atoms with E-state index in [4.69, 9.17) is 11.6 Å². The lowest BCUT2D eigenvalue weighted by molar-refractivity contribution is -0.116. The van der Waals surface area contributed by atoms with Crippen LogP contribution in [-0.4, -0.2) is 15.0 Å². The number of rotatable bonds is 4. The normalized spacial score (nSPS) is 11.1. The number of carbonyl (C=O) groups is 1. The minimum atomic E-state index is -0.686. The molecule has 6 nitrogen and oxygen atoms in total. The molecule has 4 rings (SSSR count). The Morgan fingerprint density at radius 1 is 1.10 bits per heavy atom. The van der Waals surface area contributed by atoms with E-state index < -0.39 is 23.0 Å². The van der Waals surface area contributed by atoms with E-state index in [1.165, 1.54) is 28.0 Å². The number of anilines is 1. The SMILES string of the molecule is Cc1cc(C)cc(-n2c(=O)c3sccc3n(CC(=O)Nc3ccc(Cl)cc3F)c2=O)c1. The molecule has 0 unspecified atom stereocenters. The summed E-state index contributed by atoms with van der Waals surface area (Å²) in [6, 6.07) is 10.9. The van der Waals surface area contributed by atoms with Gasteiger partial charge in [-0.05, 0) is 66.8 Å². The number of carbonyl (C=O) groups excluding carboxylic acids is 1. The van der Waals surface area contributed by atoms with Crippen molar-refractivity contribution in [3.8, 4) is 5.69 Å². The molecule has 0 fully saturated rings. The van der Waals surface area contributed by atoms with Gasteiger partial charge in [-0.1, -0.05) is 17.7 Å². The van der Waals surface area contributed by atoms with Crippen LogP contribution in [0.15, 0.2) is 57.4 Å². The third-order valence-corrected chi connectivity index (χ3v) is 5.85. The Morgan fingerprint density at radius 3 is 2.48 bits per heavy atom. The van der Waals surface area contributed by atoms with Gasteiger partial charge < -0.3 is 5.32 Å². The fourth-order valence-electron chi connectivity index (χ4n) is 3.47. The van der Waals surface area contributed by atoms with Crippen LogP contribution in [0.1, 0.15) is 11.1 Å². The molecule has 0 aliphatic heterocycles. The van der Waals surface area contributed by atoms with Gasteiger partial charge in [0.1, 0.15) is 17.1 Å². The topological polar surface area (TPSA) is 73.1 Å². The van der Waals surface area contributed by atoms with Gasteiger partial charge in [0.25, 0.3) is 5.56 Å². The van der Waals surface area contributed by atoms with Gasteiger partial charge >= 0.3 is 5.69 Å². The number of nitrogens with zero attached hydrogens (tertiary/aromatic N) is 2. The average Bonchev–Trinajstić information content (AvgIpc) is 3.17. The molecule has 0 aliphatic carbocycles. The lowest BCUT2D eigenvalue weighted by Crippen LogP contribution is -2.40. The molecule has 4 aromatic rings. The number of benzene rings is 2. The first kappa shape index (κ1) is 21.0. The van der Waals surface area contributed by atoms with E-state index in [0.29, 0.717) is 15.9 Å². The second kappa shape index (κ2) is 8.13. The standard InChI is InChI=1S/C22H17ClFN3O3S/c1-12-7-13(2)9-15(8-12)27-21(29)20-18(5-6-31-20)26(22(27)30)11-19(28)25-17-4-3-14(23)10-16(17)24/h3-10H,11H2,1-2H3,(H,25,28). The van der Waals surface area contributed by atoms with Gasteiger partial charge in [-0.3, -0.25) is 14.2 Å². The van der Waals surface area contributed by atoms with Crippen LogP contribution in [0.5, 0.6) is 0 Å². The van der Waals surface area contributed by atoms with Crippen molar-refractivity contribution in [2.24, 2.45) is 0 Å². The molecule has 0 saturated carbocycles. The summed E-state index contributed by atoms with van der Waals surface area (Å²) in [5.74, 6) is -1.30. The molecule has 31 heavy (non-hydrogen) atoms. The Balaban J connectivity index is 1.81. The molecule has 0 saturated heterocycles. The first-order chi connectivity index (χ1) is 14.7. The van der Waals surface area contributed by atoms with Gasteiger partial charge in [-0.15, -0.1) is 11.3 Å². The fourth-order valence-corrected chi connectivity index (χ4v) is 4.45. The molecular weight excluding hydrogens is 441 g/mol. The maximum absolute atomic E-state index is 14.0. The summed E-state index contributed by atoms with van der Waals surface area (Å²) in [5.41, 5.74) is 1.44. The van der Waals surface area contributed by atoms with Crippen LogP contribution in [0, 0.1) is 19.7 Å². The average molecular weight is 458 g/mol. The molecule has 0 aliphatic rings. The highest BCUT2D eigenvalue weighted by Gasteiger charge is 2.18. The van der Waals surface area contributed by atoms with Gasteiger partial charge in [0, 0.05) is 5.02 Å². The van der Waals surface area contributed by atoms with Crippen molar-refractivity contribution in [2.75, 3.05) is 5.32 Å². The quantitative estimate of drug-likeness (QED) is 0.497. The molecule has 1 N–H and O–H groups in total. The zero-order valence-electron chi connectivity index (χ0n) is 16.6. The molecular formula is C22H17ClFN3O3S. The number of amides is 1. The molecule has 0 bridgehead atoms. The first-order valence-corrected chi connectivity index (χ1v) is 10.6. The summed E-state index contributed by atoms with van der Waals surface area (Å²) < 4.78 is 16.7. The smallest absolute Gasteiger partial charge is 0.322 e. The molecule has 0 spiro atoms. The summed E-state index contributed by atoms with van der Waals surface area (Å²) in [4.78, 5) is 38.9. The molecule has 2 heterocycles. The fraction of sp³-hybridized carbons (Fsp3) is 0.136. The van der Waals surface area contributed by atoms with E-state index in [1.54, 1.807) is 23.6 Å². The Morgan fingerprint density at radius 2 is 1.81 bits per heavy atom. The highest BCUT2D eigenvalue weighted by atomic mass is 35.5. The van der Waals surface area contributed by atoms with Crippen molar-refractivity contribution in [2.45, 2.75) is 20.4 Å². The van der Waals surface area contributed by atoms with Gasteiger partial charge in [-0.25, -0.2) is 13.8 Å². The maximum atomic E-state index is 14.0. The molecule has 9 heteroatoms. The van der Waals surface area contributed by atoms with Crippen LogP contribution in [0.25, 0.3) is 15.9 Å². The van der Waals surface area contributed by atoms with E-state index in [0.717, 1.165) is 21.8 Å². The number of fused-ring (bicyclic) bond motifs is 1. The van der Waals surface area contributed by atoms with Crippen LogP contribution in [0.2, 0.25) is 5.02 Å². The number of thiophene rings is 1. The minimum absolute atomic E-state index is 0.0494. The second-order valence-corrected chi connectivity index (χ2v) is 8.52. The number of aromatic nitrogens is 2. The predicted molar refractivity (Wildman–Crippen MR) is 121 cm³/mol. The van der Waals surface area contributed by atoms with E-state index in [1.807, 2.05) is 19.9 Å². The maximum Gasteiger partial charge on any atom is 0.336 e. The molecule has 158 valence electrons. The van der Waals surface area contributed by atoms with E-state index >= 15 is 0 Å². The predicted octanol–water partition coefficient (Wildman–Crippen LogP) is 4.26. The molecule has 0 atom stereocenters. The number of nitrogens with one attached hydrogen (secondary N) is 1. The molecule has 0 radical (unpaired) electrons. The second-order valence-electron chi connectivity index (χ2n) is 7.16. The first-order valence-electron chi connectivity index (χ1n) is 9.31. The van der Waals surface area contributed by atoms with Crippen LogP contribution in [-0.2, 0) is 11.3 Å². The highest BCUT2D eigenvalue weighted by Crippen LogP contribution is 2.20. The Bertz CT molecular complexity index is 1430. The highest BCUT2D eigenvalue weighted by molar-refractivity contribution is 7.17. The van der Waals surface area contributed by atoms with Gasteiger partial charge in [0.05, 0.1) is 16.9 Å². The van der Waals surface area contributed by atoms with Crippen molar-refractivity contribution < 1.29 is 9.18 Å². The van der Waals surface area contributed by atoms with Crippen molar-refractivity contribution in [3.63, 3.8) is 0 Å². The van der Waals surface area contributed by atoms with Crippen LogP contribution in [0.4, 0.5) is 10.1 Å². The van der Waals surface area contributed by atoms with Crippen LogP contribution < -0.4 is 16.6 Å². The molecule has 2 aromatic carbocycles. The summed E-state index contributed by atoms with van der Waals surface area (Å²) in [6.07, 6.45) is 0. The Kier molecular flexibility index (Phi) is 5.51. The third-order valence-electron chi connectivity index (χ3n) is 4.73. The van der Waals surface area contributed by atoms with Crippen molar-refractivity contribution in [1.29, 1.82) is 0 Å². The Labute approximate surface area is 185 Å². The Hall–Kier alpha value is -3.23. The van der Waals surface area contributed by atoms with Gasteiger partial charge in [0.2, 0.25) is 5.91 Å². The zero-order chi connectivity index (χ0) is 22.3. The monoisotopic (exact) mass is 457 g/mol. The van der Waals surface area contributed by atoms with Crippen molar-refractivity contribution in [1.82, 2.24) is 9.13 Å². The van der Waals surface area contributed by atoms with Crippen LogP contribution >= 0.6 is 22.9 Å². The molecule has 2 aromatic heterocycles. The number of halogens is 2. The molecule has 1 amide bonds. The van der Waals surface area contributed by atoms with Gasteiger partial charge in [-0.2, -0.15) is 0 Å². The largest absolute Gasteiger partial charge is 0.336 e. The number of hydrogen-bond donors (Lipinski definition) is 1. The van der Waals surface area contributed by atoms with Crippen LogP contribution in [0.3, 0.4) is 0 Å². The van der Waals surface area contributed by atoms with E-state index in [-0.39, 0.29) is 17.3 Å². The van der Waals surface area contributed by atoms with Crippen molar-refractivity contribution in [3.05, 3.63) is 90.6 Å². The van der Waals surface area contributed by atoms with Gasteiger partial charge in [0.15, 0.2) is 0 Å². The van der Waals surface area contributed by atoms with E-state index in [2.05, 4.69) is 5.32 Å². The summed E-state index contributed by atoms with van der Waals surface area (Å²) in [6.45, 7) is 3.36. The van der Waals surface area contributed by atoms with Crippen molar-refractivity contribution >= 4 is 44.7 Å². The lowest BCUT2D eigenvalue weighted by Gasteiger charge is -2.13. The zero-order valence-corrected chi connectivity index (χ0v) is 18.2. The lowest BCUT2D eigenvalue weighted by atomic mass is 10.1. The number of hydrogen-bond acceptors (Lipinski definition) is 4. The minimum Gasteiger partial charge on any atom is -0.322 e. The summed E-state index contributed by atoms with van der Waals surface area (Å²) >= 11 is 6.93. The number of aryl methyl sites for hydroxylation is 2.